The molecule has 0 bridgehead atoms. The van der Waals surface area contributed by atoms with Crippen LogP contribution in [-0.2, 0) is 11.0 Å². The van der Waals surface area contributed by atoms with Gasteiger partial charge >= 0.3 is 6.18 Å². The van der Waals surface area contributed by atoms with Crippen LogP contribution >= 0.6 is 15.9 Å². The molecule has 0 spiro atoms. The average molecular weight is 350 g/mol. The van der Waals surface area contributed by atoms with Gasteiger partial charge in [-0.05, 0) is 47.0 Å². The average Bonchev–Trinajstić information content (AvgIpc) is 2.37. The van der Waals surface area contributed by atoms with Gasteiger partial charge in [0, 0.05) is 30.4 Å². The van der Waals surface area contributed by atoms with Gasteiger partial charge in [0.2, 0.25) is 0 Å². The van der Waals surface area contributed by atoms with E-state index in [2.05, 4.69) is 15.9 Å². The number of hydrogen-bond acceptors (Lipinski definition) is 2. The minimum atomic E-state index is -4.34. The van der Waals surface area contributed by atoms with Gasteiger partial charge in [-0.3, -0.25) is 4.79 Å². The number of halogens is 4. The maximum absolute atomic E-state index is 12.6. The molecule has 1 fully saturated rings. The van der Waals surface area contributed by atoms with Crippen molar-refractivity contribution in [3.05, 3.63) is 28.2 Å². The highest BCUT2D eigenvalue weighted by atomic mass is 79.9. The van der Waals surface area contributed by atoms with Crippen molar-refractivity contribution in [1.82, 2.24) is 0 Å². The number of Topliss-reactive ketones (excluding diaryl/α,β-unsaturated/α-hetero) is 1. The highest BCUT2D eigenvalue weighted by Gasteiger charge is 2.31. The Kier molecular flexibility index (Phi) is 4.42. The lowest BCUT2D eigenvalue weighted by atomic mass is 9.93. The van der Waals surface area contributed by atoms with Crippen LogP contribution < -0.4 is 4.90 Å². The molecule has 110 valence electrons. The first-order valence-electron chi connectivity index (χ1n) is 6.40. The molecule has 0 unspecified atom stereocenters. The van der Waals surface area contributed by atoms with Crippen molar-refractivity contribution in [3.63, 3.8) is 0 Å². The number of hydrogen-bond donors (Lipinski definition) is 0. The minimum absolute atomic E-state index is 0.195. The largest absolute Gasteiger partial charge is 0.416 e. The first-order valence-corrected chi connectivity index (χ1v) is 7.19. The van der Waals surface area contributed by atoms with E-state index in [1.54, 1.807) is 0 Å². The zero-order chi connectivity index (χ0) is 14.9. The quantitative estimate of drug-likeness (QED) is 0.787. The van der Waals surface area contributed by atoms with Crippen LogP contribution in [0.1, 0.15) is 31.2 Å². The Hall–Kier alpha value is -1.04. The van der Waals surface area contributed by atoms with Crippen molar-refractivity contribution in [2.75, 3.05) is 11.9 Å². The molecule has 20 heavy (non-hydrogen) atoms. The second-order valence-electron chi connectivity index (χ2n) is 5.04. The Morgan fingerprint density at radius 2 is 1.85 bits per heavy atom. The number of carbonyl (C=O) groups is 1. The first kappa shape index (κ1) is 15.4. The fraction of sp³-hybridized carbons (Fsp3) is 0.500. The van der Waals surface area contributed by atoms with E-state index in [9.17, 15) is 18.0 Å². The van der Waals surface area contributed by atoms with Gasteiger partial charge in [0.25, 0.3) is 0 Å². The lowest BCUT2D eigenvalue weighted by molar-refractivity contribution is -0.137. The number of rotatable bonds is 2. The summed E-state index contributed by atoms with van der Waals surface area (Å²) in [4.78, 5) is 13.2. The van der Waals surface area contributed by atoms with Crippen LogP contribution in [0.5, 0.6) is 0 Å². The molecular weight excluding hydrogens is 335 g/mol. The normalized spacial score (nSPS) is 17.4. The third kappa shape index (κ3) is 3.34. The predicted octanol–water partition coefficient (Wildman–Crippen LogP) is 4.42. The van der Waals surface area contributed by atoms with Gasteiger partial charge in [-0.15, -0.1) is 0 Å². The SMILES string of the molecule is CN(c1ccc(C(F)(F)F)cc1Br)C1CCC(=O)CC1. The summed E-state index contributed by atoms with van der Waals surface area (Å²) in [5.41, 5.74) is 0.0534. The summed E-state index contributed by atoms with van der Waals surface area (Å²) in [6, 6.07) is 3.86. The van der Waals surface area contributed by atoms with E-state index in [0.29, 0.717) is 17.3 Å². The second-order valence-corrected chi connectivity index (χ2v) is 5.90. The fourth-order valence-electron chi connectivity index (χ4n) is 2.48. The van der Waals surface area contributed by atoms with Crippen LogP contribution in [-0.4, -0.2) is 18.9 Å². The number of anilines is 1. The maximum Gasteiger partial charge on any atom is 0.416 e. The molecule has 0 amide bonds. The summed E-state index contributed by atoms with van der Waals surface area (Å²) in [7, 11) is 1.85. The Balaban J connectivity index is 2.18. The molecule has 0 N–H and O–H groups in total. The first-order chi connectivity index (χ1) is 9.29. The fourth-order valence-corrected chi connectivity index (χ4v) is 3.14. The number of nitrogens with zero attached hydrogens (tertiary/aromatic N) is 1. The molecule has 1 aromatic carbocycles. The summed E-state index contributed by atoms with van der Waals surface area (Å²) in [5, 5.41) is 0. The van der Waals surface area contributed by atoms with E-state index in [0.717, 1.165) is 30.7 Å². The molecule has 6 heteroatoms. The molecule has 0 aliphatic heterocycles. The Labute approximate surface area is 124 Å². The summed E-state index contributed by atoms with van der Waals surface area (Å²) in [5.74, 6) is 0.265. The highest BCUT2D eigenvalue weighted by molar-refractivity contribution is 9.10. The minimum Gasteiger partial charge on any atom is -0.371 e. The molecule has 0 heterocycles. The van der Waals surface area contributed by atoms with Crippen molar-refractivity contribution in [2.24, 2.45) is 0 Å². The van der Waals surface area contributed by atoms with Crippen molar-refractivity contribution in [2.45, 2.75) is 37.9 Å². The van der Waals surface area contributed by atoms with E-state index >= 15 is 0 Å². The number of carbonyl (C=O) groups excluding carboxylic acids is 1. The van der Waals surface area contributed by atoms with Crippen LogP contribution in [0.4, 0.5) is 18.9 Å². The lowest BCUT2D eigenvalue weighted by Gasteiger charge is -2.33. The lowest BCUT2D eigenvalue weighted by Crippen LogP contribution is -2.35. The van der Waals surface area contributed by atoms with Crippen molar-refractivity contribution < 1.29 is 18.0 Å². The van der Waals surface area contributed by atoms with Crippen molar-refractivity contribution >= 4 is 27.4 Å². The number of alkyl halides is 3. The summed E-state index contributed by atoms with van der Waals surface area (Å²) in [6.07, 6.45) is -1.73. The molecule has 0 aromatic heterocycles. The highest BCUT2D eigenvalue weighted by Crippen LogP contribution is 2.36. The molecule has 2 rings (SSSR count). The van der Waals surface area contributed by atoms with E-state index in [1.807, 2.05) is 11.9 Å². The van der Waals surface area contributed by atoms with Crippen molar-refractivity contribution in [1.29, 1.82) is 0 Å². The molecule has 0 saturated heterocycles. The smallest absolute Gasteiger partial charge is 0.371 e. The maximum atomic E-state index is 12.6. The Morgan fingerprint density at radius 3 is 2.35 bits per heavy atom. The van der Waals surface area contributed by atoms with Gasteiger partial charge in [0.15, 0.2) is 0 Å². The third-order valence-electron chi connectivity index (χ3n) is 3.72. The van der Waals surface area contributed by atoms with E-state index in [1.165, 1.54) is 6.07 Å². The monoisotopic (exact) mass is 349 g/mol. The Morgan fingerprint density at radius 1 is 1.25 bits per heavy atom. The van der Waals surface area contributed by atoms with Gasteiger partial charge in [-0.1, -0.05) is 0 Å². The van der Waals surface area contributed by atoms with Crippen LogP contribution in [0.15, 0.2) is 22.7 Å². The molecule has 0 radical (unpaired) electrons. The zero-order valence-corrected chi connectivity index (χ0v) is 12.6. The number of ketones is 1. The molecule has 1 saturated carbocycles. The van der Waals surface area contributed by atoms with Crippen molar-refractivity contribution in [3.8, 4) is 0 Å². The predicted molar refractivity (Wildman–Crippen MR) is 74.8 cm³/mol. The zero-order valence-electron chi connectivity index (χ0n) is 11.0. The summed E-state index contributed by atoms with van der Waals surface area (Å²) < 4.78 is 38.3. The van der Waals surface area contributed by atoms with Gasteiger partial charge < -0.3 is 4.90 Å². The van der Waals surface area contributed by atoms with Crippen LogP contribution in [0.25, 0.3) is 0 Å². The summed E-state index contributed by atoms with van der Waals surface area (Å²) in [6.45, 7) is 0. The van der Waals surface area contributed by atoms with Crippen LogP contribution in [0, 0.1) is 0 Å². The molecule has 0 atom stereocenters. The van der Waals surface area contributed by atoms with Gasteiger partial charge in [0.1, 0.15) is 5.78 Å². The van der Waals surface area contributed by atoms with Gasteiger partial charge in [-0.2, -0.15) is 13.2 Å². The molecule has 2 nitrogen and oxygen atoms in total. The summed E-state index contributed by atoms with van der Waals surface area (Å²) >= 11 is 3.21. The van der Waals surface area contributed by atoms with Crippen LogP contribution in [0.3, 0.4) is 0 Å². The standard InChI is InChI=1S/C14H15BrF3NO/c1-19(10-3-5-11(20)6-4-10)13-7-2-9(8-12(13)15)14(16,17)18/h2,7-8,10H,3-6H2,1H3. The van der Waals surface area contributed by atoms with E-state index in [-0.39, 0.29) is 11.8 Å². The second kappa shape index (κ2) is 5.76. The third-order valence-corrected chi connectivity index (χ3v) is 4.35. The van der Waals surface area contributed by atoms with E-state index in [4.69, 9.17) is 0 Å². The Bertz CT molecular complexity index is 506. The molecule has 1 aromatic rings. The molecule has 1 aliphatic rings. The molecule has 1 aliphatic carbocycles. The van der Waals surface area contributed by atoms with Crippen LogP contribution in [0.2, 0.25) is 0 Å². The van der Waals surface area contributed by atoms with Gasteiger partial charge in [-0.25, -0.2) is 0 Å². The van der Waals surface area contributed by atoms with Gasteiger partial charge in [0.05, 0.1) is 11.3 Å². The number of benzene rings is 1. The topological polar surface area (TPSA) is 20.3 Å². The molecular formula is C14H15BrF3NO. The van der Waals surface area contributed by atoms with E-state index < -0.39 is 11.7 Å².